The van der Waals surface area contributed by atoms with Gasteiger partial charge in [0.15, 0.2) is 11.0 Å². The molecule has 25 heavy (non-hydrogen) atoms. The van der Waals surface area contributed by atoms with Gasteiger partial charge in [-0.25, -0.2) is 0 Å². The monoisotopic (exact) mass is 376 g/mol. The van der Waals surface area contributed by atoms with Crippen LogP contribution in [0.25, 0.3) is 11.4 Å². The summed E-state index contributed by atoms with van der Waals surface area (Å²) in [7, 11) is 0. The molecule has 0 atom stereocenters. The largest absolute Gasteiger partial charge is 0.353 e. The molecule has 1 fully saturated rings. The Morgan fingerprint density at radius 3 is 3.00 bits per heavy atom. The summed E-state index contributed by atoms with van der Waals surface area (Å²) < 4.78 is 2.20. The second kappa shape index (κ2) is 7.50. The number of nitrogens with zero attached hydrogens (tertiary/aromatic N) is 3. The third-order valence-electron chi connectivity index (χ3n) is 4.74. The molecule has 4 rings (SSSR count). The Morgan fingerprint density at radius 2 is 2.20 bits per heavy atom. The second-order valence-electron chi connectivity index (χ2n) is 6.85. The molecule has 0 aromatic carbocycles. The van der Waals surface area contributed by atoms with E-state index in [0.29, 0.717) is 11.8 Å². The van der Waals surface area contributed by atoms with Gasteiger partial charge in [-0.2, -0.15) is 0 Å². The van der Waals surface area contributed by atoms with Crippen molar-refractivity contribution in [2.45, 2.75) is 69.6 Å². The molecule has 0 spiro atoms. The van der Waals surface area contributed by atoms with Crippen LogP contribution >= 0.6 is 23.1 Å². The molecule has 5 nitrogen and oxygen atoms in total. The van der Waals surface area contributed by atoms with Crippen LogP contribution in [0.2, 0.25) is 0 Å². The molecule has 7 heteroatoms. The van der Waals surface area contributed by atoms with Crippen LogP contribution in [0.3, 0.4) is 0 Å². The van der Waals surface area contributed by atoms with Crippen LogP contribution < -0.4 is 5.32 Å². The fourth-order valence-corrected chi connectivity index (χ4v) is 5.23. The number of hydrogen-bond acceptors (Lipinski definition) is 5. The Balaban J connectivity index is 1.55. The van der Waals surface area contributed by atoms with E-state index in [1.54, 1.807) is 0 Å². The van der Waals surface area contributed by atoms with Gasteiger partial charge in [0.25, 0.3) is 0 Å². The summed E-state index contributed by atoms with van der Waals surface area (Å²) in [6.07, 6.45) is 8.18. The van der Waals surface area contributed by atoms with Crippen LogP contribution in [0.15, 0.2) is 10.5 Å². The van der Waals surface area contributed by atoms with Crippen LogP contribution in [0.4, 0.5) is 0 Å². The van der Waals surface area contributed by atoms with Gasteiger partial charge < -0.3 is 9.88 Å². The molecule has 0 bridgehead atoms. The maximum absolute atomic E-state index is 12.0. The predicted octanol–water partition coefficient (Wildman–Crippen LogP) is 3.67. The van der Waals surface area contributed by atoms with Crippen molar-refractivity contribution in [3.05, 3.63) is 15.8 Å². The van der Waals surface area contributed by atoms with Crippen molar-refractivity contribution in [1.29, 1.82) is 0 Å². The normalized spacial score (nSPS) is 16.7. The number of hydrogen-bond donors (Lipinski definition) is 1. The SMILES string of the molecule is CCCn1c(SCC(=O)NC2CC2)nnc1-c1csc2c1CCCC2. The Bertz CT molecular complexity index is 763. The van der Waals surface area contributed by atoms with Crippen LogP contribution in [0.1, 0.15) is 49.5 Å². The summed E-state index contributed by atoms with van der Waals surface area (Å²) in [5.74, 6) is 1.50. The van der Waals surface area contributed by atoms with Gasteiger partial charge >= 0.3 is 0 Å². The minimum atomic E-state index is 0.105. The topological polar surface area (TPSA) is 59.8 Å². The number of thiophene rings is 1. The highest BCUT2D eigenvalue weighted by molar-refractivity contribution is 7.99. The van der Waals surface area contributed by atoms with E-state index in [0.717, 1.165) is 43.2 Å². The fraction of sp³-hybridized carbons (Fsp3) is 0.611. The quantitative estimate of drug-likeness (QED) is 0.749. The smallest absolute Gasteiger partial charge is 0.230 e. The summed E-state index contributed by atoms with van der Waals surface area (Å²) in [5, 5.41) is 15.1. The highest BCUT2D eigenvalue weighted by Crippen LogP contribution is 2.36. The molecular formula is C18H24N4OS2. The molecule has 1 N–H and O–H groups in total. The number of rotatable bonds is 7. The van der Waals surface area contributed by atoms with Crippen molar-refractivity contribution in [1.82, 2.24) is 20.1 Å². The number of thioether (sulfide) groups is 1. The average molecular weight is 377 g/mol. The maximum Gasteiger partial charge on any atom is 0.230 e. The van der Waals surface area contributed by atoms with E-state index >= 15 is 0 Å². The first-order valence-electron chi connectivity index (χ1n) is 9.21. The Hall–Kier alpha value is -1.34. The van der Waals surface area contributed by atoms with Gasteiger partial charge in [0.05, 0.1) is 5.75 Å². The van der Waals surface area contributed by atoms with Crippen molar-refractivity contribution < 1.29 is 4.79 Å². The second-order valence-corrected chi connectivity index (χ2v) is 8.75. The standard InChI is InChI=1S/C18H24N4OS2/c1-2-9-22-17(14-10-24-15-6-4-3-5-13(14)15)20-21-18(22)25-11-16(23)19-12-7-8-12/h10,12H,2-9,11H2,1H3,(H,19,23). The highest BCUT2D eigenvalue weighted by atomic mass is 32.2. The number of carbonyl (C=O) groups is 1. The molecule has 1 saturated carbocycles. The minimum absolute atomic E-state index is 0.105. The molecule has 0 unspecified atom stereocenters. The molecule has 2 aromatic rings. The van der Waals surface area contributed by atoms with Crippen molar-refractivity contribution in [2.24, 2.45) is 0 Å². The molecular weight excluding hydrogens is 352 g/mol. The van der Waals surface area contributed by atoms with Gasteiger partial charge in [0.2, 0.25) is 5.91 Å². The zero-order valence-electron chi connectivity index (χ0n) is 14.6. The summed E-state index contributed by atoms with van der Waals surface area (Å²) in [6, 6.07) is 0.412. The number of amides is 1. The number of nitrogens with one attached hydrogen (secondary N) is 1. The maximum atomic E-state index is 12.0. The number of aromatic nitrogens is 3. The fourth-order valence-electron chi connectivity index (χ4n) is 3.33. The Morgan fingerprint density at radius 1 is 1.36 bits per heavy atom. The average Bonchev–Trinajstić information content (AvgIpc) is 3.19. The first-order valence-corrected chi connectivity index (χ1v) is 11.1. The number of carbonyl (C=O) groups excluding carboxylic acids is 1. The molecule has 2 aromatic heterocycles. The Labute approximate surface area is 156 Å². The number of aryl methyl sites for hydroxylation is 1. The summed E-state index contributed by atoms with van der Waals surface area (Å²) >= 11 is 3.36. The van der Waals surface area contributed by atoms with Crippen molar-refractivity contribution in [2.75, 3.05) is 5.75 Å². The van der Waals surface area contributed by atoms with E-state index in [-0.39, 0.29) is 5.91 Å². The molecule has 0 radical (unpaired) electrons. The molecule has 0 aliphatic heterocycles. The first-order chi connectivity index (χ1) is 12.3. The van der Waals surface area contributed by atoms with Crippen LogP contribution in [-0.4, -0.2) is 32.5 Å². The third kappa shape index (κ3) is 3.77. The van der Waals surface area contributed by atoms with Gasteiger partial charge in [-0.05, 0) is 50.5 Å². The van der Waals surface area contributed by atoms with Gasteiger partial charge in [-0.15, -0.1) is 21.5 Å². The zero-order chi connectivity index (χ0) is 17.2. The number of fused-ring (bicyclic) bond motifs is 1. The minimum Gasteiger partial charge on any atom is -0.353 e. The zero-order valence-corrected chi connectivity index (χ0v) is 16.2. The van der Waals surface area contributed by atoms with Crippen LogP contribution in [0.5, 0.6) is 0 Å². The lowest BCUT2D eigenvalue weighted by molar-refractivity contribution is -0.118. The molecule has 2 aliphatic rings. The molecule has 1 amide bonds. The lowest BCUT2D eigenvalue weighted by Gasteiger charge is -2.13. The van der Waals surface area contributed by atoms with Crippen LogP contribution in [0, 0.1) is 0 Å². The highest BCUT2D eigenvalue weighted by Gasteiger charge is 2.25. The Kier molecular flexibility index (Phi) is 5.12. The van der Waals surface area contributed by atoms with Gasteiger partial charge in [-0.3, -0.25) is 4.79 Å². The van der Waals surface area contributed by atoms with Crippen LogP contribution in [-0.2, 0) is 24.2 Å². The van der Waals surface area contributed by atoms with E-state index < -0.39 is 0 Å². The molecule has 2 heterocycles. The summed E-state index contributed by atoms with van der Waals surface area (Å²) in [6.45, 7) is 3.06. The van der Waals surface area contributed by atoms with E-state index in [2.05, 4.69) is 32.4 Å². The van der Waals surface area contributed by atoms with Crippen molar-refractivity contribution in [3.63, 3.8) is 0 Å². The van der Waals surface area contributed by atoms with Crippen molar-refractivity contribution in [3.8, 4) is 11.4 Å². The van der Waals surface area contributed by atoms with E-state index in [1.165, 1.54) is 47.0 Å². The van der Waals surface area contributed by atoms with E-state index in [4.69, 9.17) is 0 Å². The van der Waals surface area contributed by atoms with E-state index in [1.807, 2.05) is 11.3 Å². The third-order valence-corrected chi connectivity index (χ3v) is 6.80. The molecule has 134 valence electrons. The lowest BCUT2D eigenvalue weighted by Crippen LogP contribution is -2.27. The molecule has 0 saturated heterocycles. The van der Waals surface area contributed by atoms with E-state index in [9.17, 15) is 4.79 Å². The summed E-state index contributed by atoms with van der Waals surface area (Å²) in [4.78, 5) is 13.5. The summed E-state index contributed by atoms with van der Waals surface area (Å²) in [5.41, 5.74) is 2.74. The predicted molar refractivity (Wildman–Crippen MR) is 102 cm³/mol. The first kappa shape index (κ1) is 17.1. The molecule has 2 aliphatic carbocycles. The van der Waals surface area contributed by atoms with Gasteiger partial charge in [0.1, 0.15) is 0 Å². The van der Waals surface area contributed by atoms with Gasteiger partial charge in [-0.1, -0.05) is 18.7 Å². The van der Waals surface area contributed by atoms with Gasteiger partial charge in [0, 0.05) is 28.4 Å². The lowest BCUT2D eigenvalue weighted by atomic mass is 9.95. The van der Waals surface area contributed by atoms with Crippen molar-refractivity contribution >= 4 is 29.0 Å².